The number of rotatable bonds is 4. The smallest absolute Gasteiger partial charge is 0.0935 e. The molecule has 0 atom stereocenters. The Morgan fingerprint density at radius 3 is 3.06 bits per heavy atom. The largest absolute Gasteiger partial charge is 0.411 e. The molecule has 0 fully saturated rings. The van der Waals surface area contributed by atoms with Crippen LogP contribution in [0.3, 0.4) is 0 Å². The van der Waals surface area contributed by atoms with Crippen molar-refractivity contribution in [2.75, 3.05) is 0 Å². The summed E-state index contributed by atoms with van der Waals surface area (Å²) in [4.78, 5) is 9.17. The fraction of sp³-hybridized carbons (Fsp3) is 0.182. The van der Waals surface area contributed by atoms with Crippen LogP contribution in [-0.2, 0) is 12.8 Å². The van der Waals surface area contributed by atoms with Gasteiger partial charge in [-0.25, -0.2) is 4.98 Å². The lowest BCUT2D eigenvalue weighted by atomic mass is 10.2. The van der Waals surface area contributed by atoms with Gasteiger partial charge in [-0.2, -0.15) is 0 Å². The van der Waals surface area contributed by atoms with Gasteiger partial charge in [-0.3, -0.25) is 4.98 Å². The lowest BCUT2D eigenvalue weighted by Gasteiger charge is -1.96. The van der Waals surface area contributed by atoms with Crippen LogP contribution in [-0.4, -0.2) is 21.4 Å². The molecule has 16 heavy (non-hydrogen) atoms. The maximum Gasteiger partial charge on any atom is 0.0935 e. The molecule has 2 heterocycles. The average molecular weight is 233 g/mol. The summed E-state index contributed by atoms with van der Waals surface area (Å²) < 4.78 is 0. The number of aromatic nitrogens is 2. The third kappa shape index (κ3) is 2.87. The van der Waals surface area contributed by atoms with E-state index in [1.54, 1.807) is 12.4 Å². The highest BCUT2D eigenvalue weighted by molar-refractivity contribution is 7.13. The lowest BCUT2D eigenvalue weighted by molar-refractivity contribution is 0.322. The number of thiazole rings is 1. The van der Waals surface area contributed by atoms with Gasteiger partial charge in [0, 0.05) is 25.0 Å². The van der Waals surface area contributed by atoms with Gasteiger partial charge < -0.3 is 5.21 Å². The van der Waals surface area contributed by atoms with E-state index in [1.807, 2.05) is 12.3 Å². The maximum atomic E-state index is 8.38. The van der Waals surface area contributed by atoms with Crippen molar-refractivity contribution >= 4 is 17.6 Å². The van der Waals surface area contributed by atoms with E-state index in [0.717, 1.165) is 22.7 Å². The molecular weight excluding hydrogens is 222 g/mol. The highest BCUT2D eigenvalue weighted by Gasteiger charge is 2.01. The van der Waals surface area contributed by atoms with Gasteiger partial charge in [0.25, 0.3) is 0 Å². The summed E-state index contributed by atoms with van der Waals surface area (Å²) in [6.45, 7) is 0. The van der Waals surface area contributed by atoms with Crippen LogP contribution in [0.1, 0.15) is 15.4 Å². The van der Waals surface area contributed by atoms with Crippen molar-refractivity contribution < 1.29 is 5.21 Å². The van der Waals surface area contributed by atoms with Crippen molar-refractivity contribution in [2.24, 2.45) is 5.16 Å². The fourth-order valence-corrected chi connectivity index (χ4v) is 2.14. The predicted molar refractivity (Wildman–Crippen MR) is 63.1 cm³/mol. The van der Waals surface area contributed by atoms with Crippen LogP contribution >= 0.6 is 11.3 Å². The summed E-state index contributed by atoms with van der Waals surface area (Å²) in [5, 5.41) is 12.4. The minimum atomic E-state index is 0.865. The molecule has 0 aliphatic carbocycles. The molecule has 0 amide bonds. The first-order chi connectivity index (χ1) is 7.88. The SMILES string of the molecule is O/N=C/c1cnc(CCc2cccnc2)s1. The second kappa shape index (κ2) is 5.37. The van der Waals surface area contributed by atoms with Crippen LogP contribution in [0.15, 0.2) is 35.9 Å². The number of nitrogens with zero attached hydrogens (tertiary/aromatic N) is 3. The first kappa shape index (κ1) is 10.8. The first-order valence-electron chi connectivity index (χ1n) is 4.89. The van der Waals surface area contributed by atoms with Crippen LogP contribution < -0.4 is 0 Å². The normalized spacial score (nSPS) is 11.0. The number of pyridine rings is 1. The van der Waals surface area contributed by atoms with E-state index in [-0.39, 0.29) is 0 Å². The van der Waals surface area contributed by atoms with E-state index in [9.17, 15) is 0 Å². The van der Waals surface area contributed by atoms with Gasteiger partial charge >= 0.3 is 0 Å². The van der Waals surface area contributed by atoms with Crippen LogP contribution in [0.25, 0.3) is 0 Å². The molecule has 0 bridgehead atoms. The zero-order valence-electron chi connectivity index (χ0n) is 8.58. The van der Waals surface area contributed by atoms with Crippen molar-refractivity contribution in [1.82, 2.24) is 9.97 Å². The van der Waals surface area contributed by atoms with Crippen LogP contribution in [0.5, 0.6) is 0 Å². The maximum absolute atomic E-state index is 8.38. The molecule has 0 saturated heterocycles. The van der Waals surface area contributed by atoms with E-state index in [1.165, 1.54) is 23.1 Å². The highest BCUT2D eigenvalue weighted by atomic mass is 32.1. The van der Waals surface area contributed by atoms with Gasteiger partial charge in [-0.05, 0) is 18.1 Å². The van der Waals surface area contributed by atoms with Crippen molar-refractivity contribution in [3.63, 3.8) is 0 Å². The molecule has 0 aromatic carbocycles. The number of hydrogen-bond donors (Lipinski definition) is 1. The zero-order valence-corrected chi connectivity index (χ0v) is 9.39. The first-order valence-corrected chi connectivity index (χ1v) is 5.71. The summed E-state index contributed by atoms with van der Waals surface area (Å²) in [7, 11) is 0. The zero-order chi connectivity index (χ0) is 11.2. The monoisotopic (exact) mass is 233 g/mol. The third-order valence-corrected chi connectivity index (χ3v) is 3.10. The Hall–Kier alpha value is -1.75. The Morgan fingerprint density at radius 2 is 2.31 bits per heavy atom. The molecule has 2 aromatic heterocycles. The van der Waals surface area contributed by atoms with Gasteiger partial charge in [-0.1, -0.05) is 11.2 Å². The van der Waals surface area contributed by atoms with Gasteiger partial charge in [0.1, 0.15) is 0 Å². The molecule has 2 aromatic rings. The molecular formula is C11H11N3OS. The minimum absolute atomic E-state index is 0.865. The third-order valence-electron chi connectivity index (χ3n) is 2.11. The fourth-order valence-electron chi connectivity index (χ4n) is 1.35. The second-order valence-corrected chi connectivity index (χ2v) is 4.41. The van der Waals surface area contributed by atoms with Gasteiger partial charge in [0.2, 0.25) is 0 Å². The van der Waals surface area contributed by atoms with E-state index in [4.69, 9.17) is 5.21 Å². The number of aryl methyl sites for hydroxylation is 2. The molecule has 0 aliphatic rings. The summed E-state index contributed by atoms with van der Waals surface area (Å²) in [6, 6.07) is 3.98. The van der Waals surface area contributed by atoms with Gasteiger partial charge in [0.15, 0.2) is 0 Å². The Morgan fingerprint density at radius 1 is 1.38 bits per heavy atom. The standard InChI is InChI=1S/C11H11N3OS/c15-14-8-10-7-13-11(16-10)4-3-9-2-1-5-12-6-9/h1-2,5-8,15H,3-4H2/b14-8+. The van der Waals surface area contributed by atoms with E-state index in [2.05, 4.69) is 21.2 Å². The van der Waals surface area contributed by atoms with E-state index in [0.29, 0.717) is 0 Å². The summed E-state index contributed by atoms with van der Waals surface area (Å²) in [5.74, 6) is 0. The molecule has 0 aliphatic heterocycles. The Balaban J connectivity index is 1.94. The molecule has 4 nitrogen and oxygen atoms in total. The summed E-state index contributed by atoms with van der Waals surface area (Å²) in [6.07, 6.45) is 8.55. The minimum Gasteiger partial charge on any atom is -0.411 e. The molecule has 0 saturated carbocycles. The van der Waals surface area contributed by atoms with Crippen molar-refractivity contribution in [2.45, 2.75) is 12.8 Å². The Bertz CT molecular complexity index is 467. The van der Waals surface area contributed by atoms with Gasteiger partial charge in [0.05, 0.1) is 16.1 Å². The van der Waals surface area contributed by atoms with Crippen LogP contribution in [0.4, 0.5) is 0 Å². The molecule has 0 spiro atoms. The van der Waals surface area contributed by atoms with Gasteiger partial charge in [-0.15, -0.1) is 11.3 Å². The van der Waals surface area contributed by atoms with Crippen molar-refractivity contribution in [3.8, 4) is 0 Å². The highest BCUT2D eigenvalue weighted by Crippen LogP contribution is 2.13. The van der Waals surface area contributed by atoms with Crippen molar-refractivity contribution in [1.29, 1.82) is 0 Å². The summed E-state index contributed by atoms with van der Waals surface area (Å²) in [5.41, 5.74) is 1.20. The Kier molecular flexibility index (Phi) is 3.61. The molecule has 0 unspecified atom stereocenters. The lowest BCUT2D eigenvalue weighted by Crippen LogP contribution is -1.90. The Labute approximate surface area is 97.3 Å². The van der Waals surface area contributed by atoms with Crippen LogP contribution in [0.2, 0.25) is 0 Å². The van der Waals surface area contributed by atoms with Crippen LogP contribution in [0, 0.1) is 0 Å². The second-order valence-electron chi connectivity index (χ2n) is 3.26. The topological polar surface area (TPSA) is 58.4 Å². The van der Waals surface area contributed by atoms with Crippen molar-refractivity contribution in [3.05, 3.63) is 46.2 Å². The molecule has 2 rings (SSSR count). The average Bonchev–Trinajstić information content (AvgIpc) is 2.76. The summed E-state index contributed by atoms with van der Waals surface area (Å²) >= 11 is 1.54. The molecule has 1 N–H and O–H groups in total. The van der Waals surface area contributed by atoms with E-state index >= 15 is 0 Å². The van der Waals surface area contributed by atoms with E-state index < -0.39 is 0 Å². The molecule has 82 valence electrons. The number of hydrogen-bond acceptors (Lipinski definition) is 5. The predicted octanol–water partition coefficient (Wildman–Crippen LogP) is 2.13. The molecule has 0 radical (unpaired) electrons. The quantitative estimate of drug-likeness (QED) is 0.500. The number of oxime groups is 1. The molecule has 5 heteroatoms.